The number of methoxy groups -OCH3 is 4. The number of phenols is 1. The van der Waals surface area contributed by atoms with Gasteiger partial charge in [0.15, 0.2) is 22.7 Å². The van der Waals surface area contributed by atoms with Crippen molar-refractivity contribution in [1.29, 1.82) is 0 Å². The number of phenolic OH excluding ortho intramolecular Hbond substituents is 1. The van der Waals surface area contributed by atoms with Crippen LogP contribution in [0.3, 0.4) is 0 Å². The van der Waals surface area contributed by atoms with E-state index in [9.17, 15) is 20.1 Å². The van der Waals surface area contributed by atoms with Gasteiger partial charge >= 0.3 is 5.97 Å². The average molecular weight is 509 g/mol. The molecule has 194 valence electrons. The van der Waals surface area contributed by atoms with Crippen LogP contribution in [0.4, 0.5) is 0 Å². The lowest BCUT2D eigenvalue weighted by Crippen LogP contribution is -2.52. The summed E-state index contributed by atoms with van der Waals surface area (Å²) in [6.45, 7) is 0. The van der Waals surface area contributed by atoms with Crippen molar-refractivity contribution in [3.8, 4) is 28.7 Å². The van der Waals surface area contributed by atoms with Gasteiger partial charge in [0.05, 0.1) is 39.9 Å². The van der Waals surface area contributed by atoms with E-state index in [1.54, 1.807) is 42.5 Å². The maximum Gasteiger partial charge on any atom is 0.312 e. The maximum absolute atomic E-state index is 13.2. The fraction of sp³-hybridized carbons (Fsp3) is 0.321. The number of ether oxygens (including phenoxy) is 5. The topological polar surface area (TPSA) is 124 Å². The highest BCUT2D eigenvalue weighted by Crippen LogP contribution is 2.70. The molecule has 5 unspecified atom stereocenters. The third-order valence-electron chi connectivity index (χ3n) is 7.52. The lowest BCUT2D eigenvalue weighted by Gasteiger charge is -2.40. The first kappa shape index (κ1) is 24.7. The molecule has 9 nitrogen and oxygen atoms in total. The standard InChI is InChI=1S/C28H28O9/c1-33-17-13-20(35-3)24-21(14-17)37-28(16-10-11-19(34-2)18(29)12-16)23(15-8-6-5-7-9-15)22(26(31)36-4)25(30)27(24,28)32/h5-14,22-23,25,29-30,32H,1-4H3. The van der Waals surface area contributed by atoms with Gasteiger partial charge in [-0.3, -0.25) is 4.79 Å². The number of hydrogen-bond donors (Lipinski definition) is 3. The third-order valence-corrected chi connectivity index (χ3v) is 7.52. The molecular formula is C28H28O9. The van der Waals surface area contributed by atoms with Crippen molar-refractivity contribution in [2.45, 2.75) is 23.2 Å². The summed E-state index contributed by atoms with van der Waals surface area (Å²) in [6, 6.07) is 16.7. The van der Waals surface area contributed by atoms with Gasteiger partial charge in [0.2, 0.25) is 0 Å². The smallest absolute Gasteiger partial charge is 0.312 e. The van der Waals surface area contributed by atoms with E-state index in [4.69, 9.17) is 23.7 Å². The lowest BCUT2D eigenvalue weighted by molar-refractivity contribution is -0.161. The van der Waals surface area contributed by atoms with Gasteiger partial charge in [0.1, 0.15) is 23.4 Å². The van der Waals surface area contributed by atoms with Crippen LogP contribution in [0.15, 0.2) is 60.7 Å². The van der Waals surface area contributed by atoms with E-state index in [0.29, 0.717) is 16.9 Å². The van der Waals surface area contributed by atoms with Crippen LogP contribution in [0.1, 0.15) is 22.6 Å². The van der Waals surface area contributed by atoms with Crippen LogP contribution in [0.25, 0.3) is 0 Å². The summed E-state index contributed by atoms with van der Waals surface area (Å²) in [5.74, 6) is -2.09. The third kappa shape index (κ3) is 3.20. The first-order valence-corrected chi connectivity index (χ1v) is 11.6. The Hall–Kier alpha value is -3.95. The highest BCUT2D eigenvalue weighted by molar-refractivity contribution is 5.78. The Labute approximate surface area is 213 Å². The first-order chi connectivity index (χ1) is 17.8. The molecule has 2 aliphatic rings. The summed E-state index contributed by atoms with van der Waals surface area (Å²) >= 11 is 0. The number of aromatic hydroxyl groups is 1. The molecule has 3 aromatic rings. The van der Waals surface area contributed by atoms with Crippen molar-refractivity contribution in [1.82, 2.24) is 0 Å². The molecule has 37 heavy (non-hydrogen) atoms. The Morgan fingerprint density at radius 2 is 1.62 bits per heavy atom. The van der Waals surface area contributed by atoms with E-state index in [2.05, 4.69) is 0 Å². The van der Waals surface area contributed by atoms with E-state index in [1.165, 1.54) is 40.6 Å². The van der Waals surface area contributed by atoms with Gasteiger partial charge < -0.3 is 39.0 Å². The van der Waals surface area contributed by atoms with Gasteiger partial charge in [-0.05, 0) is 17.7 Å². The summed E-state index contributed by atoms with van der Waals surface area (Å²) in [6.07, 6.45) is -1.68. The summed E-state index contributed by atoms with van der Waals surface area (Å²) in [5, 5.41) is 35.3. The Bertz CT molecular complexity index is 1340. The first-order valence-electron chi connectivity index (χ1n) is 11.6. The molecular weight excluding hydrogens is 480 g/mol. The largest absolute Gasteiger partial charge is 0.504 e. The Kier molecular flexibility index (Phi) is 5.92. The molecule has 0 aromatic heterocycles. The summed E-state index contributed by atoms with van der Waals surface area (Å²) in [7, 11) is 5.55. The fourth-order valence-corrected chi connectivity index (χ4v) is 5.98. The molecule has 0 spiro atoms. The second-order valence-corrected chi connectivity index (χ2v) is 9.08. The van der Waals surface area contributed by atoms with Crippen LogP contribution in [-0.2, 0) is 20.7 Å². The molecule has 0 radical (unpaired) electrons. The SMILES string of the molecule is COC(=O)C1C(O)C2(O)c3c(OC)cc(OC)cc3OC2(c2ccc(OC)c(O)c2)C1c1ccccc1. The monoisotopic (exact) mass is 508 g/mol. The fourth-order valence-electron chi connectivity index (χ4n) is 5.98. The normalized spacial score (nSPS) is 27.6. The zero-order chi connectivity index (χ0) is 26.5. The highest BCUT2D eigenvalue weighted by atomic mass is 16.6. The van der Waals surface area contributed by atoms with Crippen LogP contribution in [-0.4, -0.2) is 55.8 Å². The number of hydrogen-bond acceptors (Lipinski definition) is 9. The van der Waals surface area contributed by atoms with Crippen molar-refractivity contribution in [3.05, 3.63) is 77.4 Å². The molecule has 1 aliphatic carbocycles. The van der Waals surface area contributed by atoms with Crippen LogP contribution in [0, 0.1) is 5.92 Å². The van der Waals surface area contributed by atoms with Crippen molar-refractivity contribution >= 4 is 5.97 Å². The van der Waals surface area contributed by atoms with E-state index < -0.39 is 35.1 Å². The number of aliphatic hydroxyl groups excluding tert-OH is 1. The number of fused-ring (bicyclic) bond motifs is 3. The summed E-state index contributed by atoms with van der Waals surface area (Å²) in [5.41, 5.74) is -2.92. The molecule has 5 rings (SSSR count). The number of rotatable bonds is 6. The molecule has 9 heteroatoms. The van der Waals surface area contributed by atoms with Crippen molar-refractivity contribution in [3.63, 3.8) is 0 Å². The van der Waals surface area contributed by atoms with Crippen LogP contribution in [0.5, 0.6) is 28.7 Å². The molecule has 0 amide bonds. The highest BCUT2D eigenvalue weighted by Gasteiger charge is 2.78. The van der Waals surface area contributed by atoms with E-state index in [1.807, 2.05) is 6.07 Å². The van der Waals surface area contributed by atoms with Crippen LogP contribution >= 0.6 is 0 Å². The van der Waals surface area contributed by atoms with Gasteiger partial charge in [0.25, 0.3) is 0 Å². The van der Waals surface area contributed by atoms with Crippen molar-refractivity contribution < 1.29 is 43.8 Å². The van der Waals surface area contributed by atoms with Crippen molar-refractivity contribution in [2.24, 2.45) is 5.92 Å². The van der Waals surface area contributed by atoms with Gasteiger partial charge in [-0.25, -0.2) is 0 Å². The minimum Gasteiger partial charge on any atom is -0.504 e. The van der Waals surface area contributed by atoms with Gasteiger partial charge in [0, 0.05) is 23.6 Å². The zero-order valence-corrected chi connectivity index (χ0v) is 20.8. The van der Waals surface area contributed by atoms with E-state index >= 15 is 0 Å². The Morgan fingerprint density at radius 3 is 2.22 bits per heavy atom. The number of benzene rings is 3. The molecule has 1 aliphatic heterocycles. The summed E-state index contributed by atoms with van der Waals surface area (Å²) in [4.78, 5) is 13.2. The van der Waals surface area contributed by atoms with E-state index in [0.717, 1.165) is 0 Å². The van der Waals surface area contributed by atoms with Crippen molar-refractivity contribution in [2.75, 3.05) is 28.4 Å². The molecule has 1 saturated carbocycles. The predicted molar refractivity (Wildman–Crippen MR) is 131 cm³/mol. The molecule has 5 atom stereocenters. The second kappa shape index (κ2) is 8.86. The molecule has 3 N–H and O–H groups in total. The number of carbonyl (C=O) groups is 1. The molecule has 3 aromatic carbocycles. The molecule has 1 heterocycles. The number of esters is 1. The maximum atomic E-state index is 13.2. The zero-order valence-electron chi connectivity index (χ0n) is 20.8. The molecule has 0 bridgehead atoms. The van der Waals surface area contributed by atoms with E-state index in [-0.39, 0.29) is 28.6 Å². The minimum atomic E-state index is -2.21. The molecule has 1 fully saturated rings. The quantitative estimate of drug-likeness (QED) is 0.431. The predicted octanol–water partition coefficient (Wildman–Crippen LogP) is 2.84. The number of carbonyl (C=O) groups excluding carboxylic acids is 1. The minimum absolute atomic E-state index is 0.158. The molecule has 0 saturated heterocycles. The van der Waals surface area contributed by atoms with Crippen LogP contribution in [0.2, 0.25) is 0 Å². The van der Waals surface area contributed by atoms with Gasteiger partial charge in [-0.1, -0.05) is 36.4 Å². The van der Waals surface area contributed by atoms with Gasteiger partial charge in [-0.15, -0.1) is 0 Å². The lowest BCUT2D eigenvalue weighted by atomic mass is 9.70. The van der Waals surface area contributed by atoms with Gasteiger partial charge in [-0.2, -0.15) is 0 Å². The Balaban J connectivity index is 1.90. The second-order valence-electron chi connectivity index (χ2n) is 9.08. The number of aliphatic hydroxyl groups is 2. The Morgan fingerprint density at radius 1 is 0.919 bits per heavy atom. The van der Waals surface area contributed by atoms with Crippen LogP contribution < -0.4 is 18.9 Å². The average Bonchev–Trinajstić information content (AvgIpc) is 3.30. The summed E-state index contributed by atoms with van der Waals surface area (Å²) < 4.78 is 28.0.